The van der Waals surface area contributed by atoms with Crippen molar-refractivity contribution in [2.75, 3.05) is 13.1 Å². The van der Waals surface area contributed by atoms with E-state index in [2.05, 4.69) is 18.3 Å². The van der Waals surface area contributed by atoms with Gasteiger partial charge in [-0.3, -0.25) is 0 Å². The Bertz CT molecular complexity index is 232. The molecule has 1 fully saturated rings. The molecule has 0 spiro atoms. The molecule has 0 amide bonds. The van der Waals surface area contributed by atoms with Gasteiger partial charge in [-0.25, -0.2) is 0 Å². The second-order valence-corrected chi connectivity index (χ2v) is 5.85. The molecular weight excluding hydrogens is 194 g/mol. The van der Waals surface area contributed by atoms with Crippen molar-refractivity contribution in [2.24, 2.45) is 11.8 Å². The number of allylic oxidation sites excluding steroid dienone is 1. The van der Waals surface area contributed by atoms with E-state index < -0.39 is 0 Å². The van der Waals surface area contributed by atoms with Crippen LogP contribution in [0.4, 0.5) is 0 Å². The monoisotopic (exact) mass is 221 g/mol. The van der Waals surface area contributed by atoms with E-state index in [4.69, 9.17) is 0 Å². The molecule has 16 heavy (non-hydrogen) atoms. The Labute approximate surface area is 101 Å². The normalized spacial score (nSPS) is 30.4. The lowest BCUT2D eigenvalue weighted by atomic mass is 9.82. The van der Waals surface area contributed by atoms with Crippen LogP contribution in [0.15, 0.2) is 11.6 Å². The van der Waals surface area contributed by atoms with Crippen molar-refractivity contribution in [3.8, 4) is 0 Å². The molecule has 92 valence electrons. The van der Waals surface area contributed by atoms with Gasteiger partial charge in [-0.15, -0.1) is 0 Å². The molecule has 1 saturated carbocycles. The van der Waals surface area contributed by atoms with Crippen LogP contribution >= 0.6 is 0 Å². The predicted octanol–water partition coefficient (Wildman–Crippen LogP) is 3.90. The fourth-order valence-electron chi connectivity index (χ4n) is 3.26. The lowest BCUT2D eigenvalue weighted by Gasteiger charge is -2.26. The molecule has 2 atom stereocenters. The highest BCUT2D eigenvalue weighted by Gasteiger charge is 2.18. The maximum absolute atomic E-state index is 3.66. The third-order valence-electron chi connectivity index (χ3n) is 4.24. The van der Waals surface area contributed by atoms with Gasteiger partial charge in [0.1, 0.15) is 0 Å². The summed E-state index contributed by atoms with van der Waals surface area (Å²) < 4.78 is 0. The zero-order valence-electron chi connectivity index (χ0n) is 10.8. The molecular formula is C15H27N. The molecule has 2 aliphatic carbocycles. The molecule has 1 N–H and O–H groups in total. The largest absolute Gasteiger partial charge is 0.316 e. The Balaban J connectivity index is 1.53. The Morgan fingerprint density at radius 1 is 1.31 bits per heavy atom. The summed E-state index contributed by atoms with van der Waals surface area (Å²) in [6, 6.07) is 0. The second-order valence-electron chi connectivity index (χ2n) is 5.85. The van der Waals surface area contributed by atoms with Gasteiger partial charge >= 0.3 is 0 Å². The van der Waals surface area contributed by atoms with E-state index in [1.165, 1.54) is 64.5 Å². The van der Waals surface area contributed by atoms with Crippen molar-refractivity contribution in [1.82, 2.24) is 5.32 Å². The summed E-state index contributed by atoms with van der Waals surface area (Å²) in [5.41, 5.74) is 1.70. The van der Waals surface area contributed by atoms with E-state index in [0.29, 0.717) is 0 Å². The van der Waals surface area contributed by atoms with E-state index in [-0.39, 0.29) is 0 Å². The van der Waals surface area contributed by atoms with Gasteiger partial charge in [-0.1, -0.05) is 31.4 Å². The lowest BCUT2D eigenvalue weighted by molar-refractivity contribution is 0.275. The fraction of sp³-hybridized carbons (Fsp3) is 0.867. The minimum atomic E-state index is 0.960. The van der Waals surface area contributed by atoms with Gasteiger partial charge < -0.3 is 5.32 Å². The Hall–Kier alpha value is -0.300. The average molecular weight is 221 g/mol. The highest BCUT2D eigenvalue weighted by molar-refractivity contribution is 5.07. The molecule has 1 nitrogen and oxygen atoms in total. The number of hydrogen-bond donors (Lipinski definition) is 1. The molecule has 0 aromatic heterocycles. The first-order chi connectivity index (χ1) is 7.84. The van der Waals surface area contributed by atoms with Gasteiger partial charge in [0.05, 0.1) is 0 Å². The van der Waals surface area contributed by atoms with Gasteiger partial charge in [0.25, 0.3) is 0 Å². The number of rotatable bonds is 5. The number of nitrogens with one attached hydrogen (secondary N) is 1. The molecule has 2 unspecified atom stereocenters. The van der Waals surface area contributed by atoms with Crippen LogP contribution in [0.25, 0.3) is 0 Å². The van der Waals surface area contributed by atoms with E-state index >= 15 is 0 Å². The minimum Gasteiger partial charge on any atom is -0.316 e. The van der Waals surface area contributed by atoms with Crippen molar-refractivity contribution >= 4 is 0 Å². The second kappa shape index (κ2) is 6.44. The zero-order valence-corrected chi connectivity index (χ0v) is 10.8. The van der Waals surface area contributed by atoms with E-state index in [9.17, 15) is 0 Å². The van der Waals surface area contributed by atoms with E-state index in [0.717, 1.165) is 11.8 Å². The Morgan fingerprint density at radius 2 is 2.25 bits per heavy atom. The number of hydrogen-bond acceptors (Lipinski definition) is 1. The molecule has 0 aromatic carbocycles. The maximum atomic E-state index is 3.66. The first kappa shape index (κ1) is 12.2. The molecule has 2 aliphatic rings. The van der Waals surface area contributed by atoms with Crippen molar-refractivity contribution in [3.05, 3.63) is 11.6 Å². The van der Waals surface area contributed by atoms with E-state index in [1.54, 1.807) is 5.57 Å². The Kier molecular flexibility index (Phi) is 4.90. The average Bonchev–Trinajstić information content (AvgIpc) is 2.77. The Morgan fingerprint density at radius 3 is 3.00 bits per heavy atom. The molecule has 0 aliphatic heterocycles. The van der Waals surface area contributed by atoms with Crippen molar-refractivity contribution in [3.63, 3.8) is 0 Å². The van der Waals surface area contributed by atoms with Crippen LogP contribution < -0.4 is 5.32 Å². The molecule has 0 saturated heterocycles. The summed E-state index contributed by atoms with van der Waals surface area (Å²) in [5, 5.41) is 3.66. The summed E-state index contributed by atoms with van der Waals surface area (Å²) in [4.78, 5) is 0. The molecule has 2 rings (SSSR count). The minimum absolute atomic E-state index is 0.960. The van der Waals surface area contributed by atoms with Crippen LogP contribution in [-0.4, -0.2) is 13.1 Å². The predicted molar refractivity (Wildman–Crippen MR) is 70.5 cm³/mol. The van der Waals surface area contributed by atoms with Crippen LogP contribution in [0.5, 0.6) is 0 Å². The molecule has 0 radical (unpaired) electrons. The summed E-state index contributed by atoms with van der Waals surface area (Å²) >= 11 is 0. The molecule has 0 heterocycles. The topological polar surface area (TPSA) is 12.0 Å². The van der Waals surface area contributed by atoms with Crippen molar-refractivity contribution in [1.29, 1.82) is 0 Å². The van der Waals surface area contributed by atoms with Gasteiger partial charge in [0, 0.05) is 0 Å². The first-order valence-electron chi connectivity index (χ1n) is 7.23. The SMILES string of the molecule is CC1CCCC(CNCCC2=CCCC2)C1. The quantitative estimate of drug-likeness (QED) is 0.548. The molecule has 1 heteroatoms. The van der Waals surface area contributed by atoms with Crippen LogP contribution in [0.1, 0.15) is 58.3 Å². The highest BCUT2D eigenvalue weighted by atomic mass is 14.9. The maximum Gasteiger partial charge on any atom is -0.00115 e. The summed E-state index contributed by atoms with van der Waals surface area (Å²) in [7, 11) is 0. The third kappa shape index (κ3) is 3.93. The summed E-state index contributed by atoms with van der Waals surface area (Å²) in [6.07, 6.45) is 13.7. The van der Waals surface area contributed by atoms with Crippen LogP contribution in [0.2, 0.25) is 0 Å². The van der Waals surface area contributed by atoms with Crippen LogP contribution in [0.3, 0.4) is 0 Å². The van der Waals surface area contributed by atoms with Crippen LogP contribution in [-0.2, 0) is 0 Å². The third-order valence-corrected chi connectivity index (χ3v) is 4.24. The first-order valence-corrected chi connectivity index (χ1v) is 7.23. The van der Waals surface area contributed by atoms with Gasteiger partial charge in [-0.05, 0) is 63.5 Å². The van der Waals surface area contributed by atoms with Crippen molar-refractivity contribution < 1.29 is 0 Å². The molecule has 0 bridgehead atoms. The van der Waals surface area contributed by atoms with Gasteiger partial charge in [0.2, 0.25) is 0 Å². The fourth-order valence-corrected chi connectivity index (χ4v) is 3.26. The summed E-state index contributed by atoms with van der Waals surface area (Å²) in [5.74, 6) is 1.93. The van der Waals surface area contributed by atoms with Crippen LogP contribution in [0, 0.1) is 11.8 Å². The van der Waals surface area contributed by atoms with Gasteiger partial charge in [-0.2, -0.15) is 0 Å². The lowest BCUT2D eigenvalue weighted by Crippen LogP contribution is -2.27. The van der Waals surface area contributed by atoms with Gasteiger partial charge in [0.15, 0.2) is 0 Å². The molecule has 0 aromatic rings. The smallest absolute Gasteiger partial charge is 0.00115 e. The van der Waals surface area contributed by atoms with Crippen molar-refractivity contribution in [2.45, 2.75) is 58.3 Å². The highest BCUT2D eigenvalue weighted by Crippen LogP contribution is 2.28. The standard InChI is InChI=1S/C15H27N/c1-13-5-4-8-15(11-13)12-16-10-9-14-6-2-3-7-14/h6,13,15-16H,2-5,7-12H2,1H3. The zero-order chi connectivity index (χ0) is 11.2. The summed E-state index contributed by atoms with van der Waals surface area (Å²) in [6.45, 7) is 4.88. The van der Waals surface area contributed by atoms with E-state index in [1.807, 2.05) is 0 Å².